The molecule has 0 radical (unpaired) electrons. The predicted octanol–water partition coefficient (Wildman–Crippen LogP) is 2.16. The summed E-state index contributed by atoms with van der Waals surface area (Å²) in [5, 5.41) is 0. The summed E-state index contributed by atoms with van der Waals surface area (Å²) in [5.74, 6) is 0.772. The summed E-state index contributed by atoms with van der Waals surface area (Å²) >= 11 is 0. The van der Waals surface area contributed by atoms with Crippen LogP contribution in [0.4, 0.5) is 0 Å². The number of hydrogen-bond donors (Lipinski definition) is 1. The van der Waals surface area contributed by atoms with Gasteiger partial charge in [-0.25, -0.2) is 9.97 Å². The Labute approximate surface area is 104 Å². The first-order valence-corrected chi connectivity index (χ1v) is 6.23. The first kappa shape index (κ1) is 14.1. The number of aromatic nitrogens is 2. The van der Waals surface area contributed by atoms with E-state index in [1.165, 1.54) is 0 Å². The minimum Gasteiger partial charge on any atom is -0.373 e. The molecular weight excluding hydrogens is 214 g/mol. The van der Waals surface area contributed by atoms with Gasteiger partial charge in [-0.3, -0.25) is 0 Å². The van der Waals surface area contributed by atoms with Crippen LogP contribution in [0.5, 0.6) is 0 Å². The standard InChI is InChI=1S/C13H23N3O/c1-5-10(14)8-11-7-9(3)15-13(16-11)12(6-2)17-4/h7,10,12H,5-6,8,14H2,1-4H3. The number of nitrogens with zero attached hydrogens (tertiary/aromatic N) is 2. The lowest BCUT2D eigenvalue weighted by Crippen LogP contribution is -2.22. The van der Waals surface area contributed by atoms with E-state index in [1.54, 1.807) is 7.11 Å². The molecule has 1 aromatic heterocycles. The van der Waals surface area contributed by atoms with Gasteiger partial charge in [0, 0.05) is 31.0 Å². The highest BCUT2D eigenvalue weighted by Gasteiger charge is 2.13. The summed E-state index contributed by atoms with van der Waals surface area (Å²) in [4.78, 5) is 8.98. The highest BCUT2D eigenvalue weighted by atomic mass is 16.5. The van der Waals surface area contributed by atoms with Gasteiger partial charge in [-0.1, -0.05) is 13.8 Å². The number of nitrogens with two attached hydrogens (primary N) is 1. The molecule has 4 nitrogen and oxygen atoms in total. The fourth-order valence-electron chi connectivity index (χ4n) is 1.77. The zero-order valence-electron chi connectivity index (χ0n) is 11.2. The van der Waals surface area contributed by atoms with Gasteiger partial charge >= 0.3 is 0 Å². The van der Waals surface area contributed by atoms with Crippen LogP contribution in [0.2, 0.25) is 0 Å². The van der Waals surface area contributed by atoms with Crippen molar-refractivity contribution in [2.24, 2.45) is 5.73 Å². The number of methoxy groups -OCH3 is 1. The second-order valence-electron chi connectivity index (χ2n) is 4.36. The minimum absolute atomic E-state index is 0.0218. The lowest BCUT2D eigenvalue weighted by atomic mass is 10.1. The fraction of sp³-hybridized carbons (Fsp3) is 0.692. The summed E-state index contributed by atoms with van der Waals surface area (Å²) in [5.41, 5.74) is 7.94. The molecule has 1 rings (SSSR count). The van der Waals surface area contributed by atoms with Crippen molar-refractivity contribution in [3.63, 3.8) is 0 Å². The molecule has 0 aliphatic rings. The SMILES string of the molecule is CCC(N)Cc1cc(C)nc(C(CC)OC)n1. The Bertz CT molecular complexity index is 351. The summed E-state index contributed by atoms with van der Waals surface area (Å²) in [7, 11) is 1.69. The smallest absolute Gasteiger partial charge is 0.157 e. The molecular formula is C13H23N3O. The van der Waals surface area contributed by atoms with E-state index >= 15 is 0 Å². The van der Waals surface area contributed by atoms with Crippen LogP contribution in [0.3, 0.4) is 0 Å². The Balaban J connectivity index is 2.93. The molecule has 0 amide bonds. The minimum atomic E-state index is -0.0218. The van der Waals surface area contributed by atoms with Gasteiger partial charge < -0.3 is 10.5 Å². The molecule has 0 fully saturated rings. The third kappa shape index (κ3) is 4.06. The van der Waals surface area contributed by atoms with Crippen molar-refractivity contribution in [3.05, 3.63) is 23.3 Å². The van der Waals surface area contributed by atoms with Crippen molar-refractivity contribution >= 4 is 0 Å². The Morgan fingerprint density at radius 1 is 1.29 bits per heavy atom. The van der Waals surface area contributed by atoms with Gasteiger partial charge in [0.1, 0.15) is 6.10 Å². The van der Waals surface area contributed by atoms with Crippen LogP contribution in [0.15, 0.2) is 6.07 Å². The molecule has 0 aliphatic heterocycles. The van der Waals surface area contributed by atoms with Crippen molar-refractivity contribution in [2.45, 2.75) is 52.2 Å². The zero-order chi connectivity index (χ0) is 12.8. The molecule has 2 atom stereocenters. The highest BCUT2D eigenvalue weighted by Crippen LogP contribution is 2.17. The van der Waals surface area contributed by atoms with Gasteiger partial charge in [0.05, 0.1) is 0 Å². The van der Waals surface area contributed by atoms with Crippen molar-refractivity contribution in [1.82, 2.24) is 9.97 Å². The van der Waals surface area contributed by atoms with E-state index in [0.717, 1.165) is 36.5 Å². The maximum absolute atomic E-state index is 5.95. The number of aryl methyl sites for hydroxylation is 1. The summed E-state index contributed by atoms with van der Waals surface area (Å²) < 4.78 is 5.37. The van der Waals surface area contributed by atoms with Crippen molar-refractivity contribution in [2.75, 3.05) is 7.11 Å². The maximum atomic E-state index is 5.95. The average molecular weight is 237 g/mol. The molecule has 96 valence electrons. The third-order valence-corrected chi connectivity index (χ3v) is 2.86. The molecule has 17 heavy (non-hydrogen) atoms. The van der Waals surface area contributed by atoms with Crippen molar-refractivity contribution in [1.29, 1.82) is 0 Å². The van der Waals surface area contributed by atoms with Crippen LogP contribution < -0.4 is 5.73 Å². The van der Waals surface area contributed by atoms with E-state index in [2.05, 4.69) is 23.8 Å². The normalized spacial score (nSPS) is 14.6. The first-order valence-electron chi connectivity index (χ1n) is 6.23. The van der Waals surface area contributed by atoms with Crippen molar-refractivity contribution in [3.8, 4) is 0 Å². The Kier molecular flexibility index (Phi) is 5.51. The fourth-order valence-corrected chi connectivity index (χ4v) is 1.77. The number of ether oxygens (including phenoxy) is 1. The van der Waals surface area contributed by atoms with E-state index in [-0.39, 0.29) is 12.1 Å². The van der Waals surface area contributed by atoms with Gasteiger partial charge in [0.15, 0.2) is 5.82 Å². The van der Waals surface area contributed by atoms with Gasteiger partial charge in [-0.05, 0) is 25.8 Å². The Morgan fingerprint density at radius 2 is 2.00 bits per heavy atom. The highest BCUT2D eigenvalue weighted by molar-refractivity contribution is 5.12. The number of hydrogen-bond acceptors (Lipinski definition) is 4. The van der Waals surface area contributed by atoms with E-state index < -0.39 is 0 Å². The molecule has 0 aromatic carbocycles. The molecule has 1 heterocycles. The monoisotopic (exact) mass is 237 g/mol. The molecule has 0 spiro atoms. The van der Waals surface area contributed by atoms with Crippen LogP contribution in [0.25, 0.3) is 0 Å². The maximum Gasteiger partial charge on any atom is 0.157 e. The Hall–Kier alpha value is -1.00. The van der Waals surface area contributed by atoms with Crippen LogP contribution in [0, 0.1) is 6.92 Å². The topological polar surface area (TPSA) is 61.0 Å². The summed E-state index contributed by atoms with van der Waals surface area (Å²) in [6.07, 6.45) is 2.61. The lowest BCUT2D eigenvalue weighted by molar-refractivity contribution is 0.0922. The molecule has 0 saturated heterocycles. The van der Waals surface area contributed by atoms with Crippen LogP contribution in [0.1, 0.15) is 50.0 Å². The van der Waals surface area contributed by atoms with E-state index in [1.807, 2.05) is 13.0 Å². The van der Waals surface area contributed by atoms with Crippen molar-refractivity contribution < 1.29 is 4.74 Å². The molecule has 0 aliphatic carbocycles. The first-order chi connectivity index (χ1) is 8.10. The molecule has 2 N–H and O–H groups in total. The summed E-state index contributed by atoms with van der Waals surface area (Å²) in [6, 6.07) is 2.17. The lowest BCUT2D eigenvalue weighted by Gasteiger charge is -2.14. The van der Waals surface area contributed by atoms with E-state index in [9.17, 15) is 0 Å². The Morgan fingerprint density at radius 3 is 2.53 bits per heavy atom. The molecule has 1 aromatic rings. The van der Waals surface area contributed by atoms with E-state index in [0.29, 0.717) is 0 Å². The quantitative estimate of drug-likeness (QED) is 0.823. The second-order valence-corrected chi connectivity index (χ2v) is 4.36. The van der Waals surface area contributed by atoms with Gasteiger partial charge in [-0.15, -0.1) is 0 Å². The van der Waals surface area contributed by atoms with Gasteiger partial charge in [0.2, 0.25) is 0 Å². The molecule has 4 heteroatoms. The summed E-state index contributed by atoms with van der Waals surface area (Å²) in [6.45, 7) is 6.13. The van der Waals surface area contributed by atoms with Crippen LogP contribution >= 0.6 is 0 Å². The molecule has 0 bridgehead atoms. The molecule has 2 unspecified atom stereocenters. The third-order valence-electron chi connectivity index (χ3n) is 2.86. The van der Waals surface area contributed by atoms with E-state index in [4.69, 9.17) is 10.5 Å². The second kappa shape index (κ2) is 6.67. The van der Waals surface area contributed by atoms with Gasteiger partial charge in [0.25, 0.3) is 0 Å². The predicted molar refractivity (Wildman–Crippen MR) is 68.8 cm³/mol. The molecule has 0 saturated carbocycles. The number of rotatable bonds is 6. The average Bonchev–Trinajstić information content (AvgIpc) is 2.29. The largest absolute Gasteiger partial charge is 0.373 e. The van der Waals surface area contributed by atoms with Crippen LogP contribution in [-0.4, -0.2) is 23.1 Å². The zero-order valence-corrected chi connectivity index (χ0v) is 11.2. The van der Waals surface area contributed by atoms with Crippen LogP contribution in [-0.2, 0) is 11.2 Å². The van der Waals surface area contributed by atoms with Gasteiger partial charge in [-0.2, -0.15) is 0 Å².